The fraction of sp³-hybridized carbons (Fsp3) is 0.647. The van der Waals surface area contributed by atoms with Crippen LogP contribution in [0, 0.1) is 0 Å². The summed E-state index contributed by atoms with van der Waals surface area (Å²) in [6, 6.07) is 8.58. The number of methoxy groups -OCH3 is 1. The topological polar surface area (TPSA) is 50.7 Å². The van der Waals surface area contributed by atoms with Crippen molar-refractivity contribution in [3.8, 4) is 5.75 Å². The zero-order valence-electron chi connectivity index (χ0n) is 13.0. The van der Waals surface area contributed by atoms with Crippen LogP contribution in [0.5, 0.6) is 5.75 Å². The molecule has 0 heterocycles. The molecule has 0 amide bonds. The number of aliphatic hydroxyl groups is 1. The minimum absolute atomic E-state index is 0.210. The number of benzene rings is 1. The van der Waals surface area contributed by atoms with Crippen LogP contribution in [0.25, 0.3) is 0 Å². The first-order valence-corrected chi connectivity index (χ1v) is 7.86. The second-order valence-electron chi connectivity index (χ2n) is 5.76. The zero-order chi connectivity index (χ0) is 15.1. The normalized spacial score (nSPS) is 23.8. The van der Waals surface area contributed by atoms with Crippen LogP contribution in [0.4, 0.5) is 0 Å². The van der Waals surface area contributed by atoms with Crippen molar-refractivity contribution >= 4 is 0 Å². The van der Waals surface area contributed by atoms with E-state index in [0.29, 0.717) is 13.2 Å². The quantitative estimate of drug-likeness (QED) is 0.759. The molecule has 1 saturated carbocycles. The molecule has 0 unspecified atom stereocenters. The Morgan fingerprint density at radius 2 is 1.90 bits per heavy atom. The van der Waals surface area contributed by atoms with E-state index in [9.17, 15) is 5.11 Å². The first-order valence-electron chi connectivity index (χ1n) is 7.86. The van der Waals surface area contributed by atoms with Gasteiger partial charge in [0.15, 0.2) is 0 Å². The molecule has 0 aliphatic heterocycles. The van der Waals surface area contributed by atoms with Crippen LogP contribution >= 0.6 is 0 Å². The summed E-state index contributed by atoms with van der Waals surface area (Å²) in [7, 11) is 1.67. The third-order valence-corrected chi connectivity index (χ3v) is 4.13. The molecule has 118 valence electrons. The van der Waals surface area contributed by atoms with E-state index in [1.807, 2.05) is 12.1 Å². The second kappa shape index (κ2) is 8.37. The molecule has 0 saturated heterocycles. The molecule has 4 heteroatoms. The zero-order valence-corrected chi connectivity index (χ0v) is 13.0. The molecule has 1 aromatic rings. The van der Waals surface area contributed by atoms with Gasteiger partial charge in [0.1, 0.15) is 12.4 Å². The van der Waals surface area contributed by atoms with Crippen molar-refractivity contribution in [3.63, 3.8) is 0 Å². The smallest absolute Gasteiger partial charge is 0.119 e. The lowest BCUT2D eigenvalue weighted by atomic mass is 9.91. The number of hydrogen-bond donors (Lipinski definition) is 2. The average molecular weight is 293 g/mol. The highest BCUT2D eigenvalue weighted by Gasteiger charge is 2.24. The van der Waals surface area contributed by atoms with Gasteiger partial charge in [-0.05, 0) is 37.5 Å². The van der Waals surface area contributed by atoms with Gasteiger partial charge < -0.3 is 19.9 Å². The summed E-state index contributed by atoms with van der Waals surface area (Å²) in [5.74, 6) is 0.862. The van der Waals surface area contributed by atoms with Crippen molar-refractivity contribution < 1.29 is 14.6 Å². The van der Waals surface area contributed by atoms with Crippen molar-refractivity contribution in [3.05, 3.63) is 29.8 Å². The molecule has 0 spiro atoms. The molecule has 1 fully saturated rings. The second-order valence-corrected chi connectivity index (χ2v) is 5.76. The number of ether oxygens (including phenoxy) is 2. The van der Waals surface area contributed by atoms with Crippen LogP contribution < -0.4 is 10.1 Å². The number of nitrogens with one attached hydrogen (secondary N) is 1. The Hall–Kier alpha value is -1.10. The summed E-state index contributed by atoms with van der Waals surface area (Å²) < 4.78 is 10.5. The van der Waals surface area contributed by atoms with Gasteiger partial charge in [-0.15, -0.1) is 0 Å². The minimum atomic E-state index is -0.210. The number of rotatable bonds is 7. The highest BCUT2D eigenvalue weighted by Crippen LogP contribution is 2.23. The molecule has 1 aliphatic rings. The number of aliphatic hydroxyl groups excluding tert-OH is 1. The predicted molar refractivity (Wildman–Crippen MR) is 83.6 cm³/mol. The Labute approximate surface area is 127 Å². The Balaban J connectivity index is 1.85. The molecule has 4 nitrogen and oxygen atoms in total. The predicted octanol–water partition coefficient (Wildman–Crippen LogP) is 2.67. The fourth-order valence-corrected chi connectivity index (χ4v) is 2.82. The maximum atomic E-state index is 10.0. The lowest BCUT2D eigenvalue weighted by Gasteiger charge is -2.31. The molecule has 0 bridgehead atoms. The summed E-state index contributed by atoms with van der Waals surface area (Å²) in [4.78, 5) is 0. The van der Waals surface area contributed by atoms with E-state index >= 15 is 0 Å². The first kappa shape index (κ1) is 16.3. The first-order chi connectivity index (χ1) is 10.2. The van der Waals surface area contributed by atoms with Crippen LogP contribution in [0.2, 0.25) is 0 Å². The Kier molecular flexibility index (Phi) is 6.49. The SMILES string of the molecule is COCCOc1ccc([C@H](C)N[C@@H]2CCCC[C@@H]2O)cc1. The highest BCUT2D eigenvalue weighted by molar-refractivity contribution is 5.29. The third-order valence-electron chi connectivity index (χ3n) is 4.13. The maximum absolute atomic E-state index is 10.0. The van der Waals surface area contributed by atoms with Gasteiger partial charge in [0.25, 0.3) is 0 Å². The molecule has 2 N–H and O–H groups in total. The van der Waals surface area contributed by atoms with Gasteiger partial charge >= 0.3 is 0 Å². The van der Waals surface area contributed by atoms with Crippen molar-refractivity contribution in [1.82, 2.24) is 5.32 Å². The monoisotopic (exact) mass is 293 g/mol. The molecule has 2 rings (SSSR count). The summed E-state index contributed by atoms with van der Waals surface area (Å²) in [5, 5.41) is 13.6. The molecular formula is C17H27NO3. The van der Waals surface area contributed by atoms with Crippen LogP contribution in [0.15, 0.2) is 24.3 Å². The summed E-state index contributed by atoms with van der Waals surface area (Å²) in [5.41, 5.74) is 1.21. The molecule has 3 atom stereocenters. The van der Waals surface area contributed by atoms with Crippen LogP contribution in [-0.4, -0.2) is 37.6 Å². The highest BCUT2D eigenvalue weighted by atomic mass is 16.5. The molecule has 1 aliphatic carbocycles. The summed E-state index contributed by atoms with van der Waals surface area (Å²) >= 11 is 0. The van der Waals surface area contributed by atoms with Crippen molar-refractivity contribution in [2.75, 3.05) is 20.3 Å². The summed E-state index contributed by atoms with van der Waals surface area (Å²) in [6.45, 7) is 3.30. The van der Waals surface area contributed by atoms with E-state index in [0.717, 1.165) is 25.0 Å². The largest absolute Gasteiger partial charge is 0.491 e. The van der Waals surface area contributed by atoms with Gasteiger partial charge in [-0.2, -0.15) is 0 Å². The lowest BCUT2D eigenvalue weighted by Crippen LogP contribution is -2.43. The Bertz CT molecular complexity index is 407. The van der Waals surface area contributed by atoms with E-state index in [-0.39, 0.29) is 18.2 Å². The molecular weight excluding hydrogens is 266 g/mol. The van der Waals surface area contributed by atoms with Crippen molar-refractivity contribution in [2.24, 2.45) is 0 Å². The van der Waals surface area contributed by atoms with Gasteiger partial charge in [-0.1, -0.05) is 25.0 Å². The lowest BCUT2D eigenvalue weighted by molar-refractivity contribution is 0.0859. The molecule has 0 radical (unpaired) electrons. The van der Waals surface area contributed by atoms with E-state index in [4.69, 9.17) is 9.47 Å². The minimum Gasteiger partial charge on any atom is -0.491 e. The van der Waals surface area contributed by atoms with Gasteiger partial charge in [-0.25, -0.2) is 0 Å². The van der Waals surface area contributed by atoms with E-state index in [1.165, 1.54) is 12.0 Å². The van der Waals surface area contributed by atoms with Crippen molar-refractivity contribution in [2.45, 2.75) is 50.8 Å². The molecule has 0 aromatic heterocycles. The van der Waals surface area contributed by atoms with Gasteiger partial charge in [0, 0.05) is 19.2 Å². The Morgan fingerprint density at radius 3 is 2.57 bits per heavy atom. The number of hydrogen-bond acceptors (Lipinski definition) is 4. The fourth-order valence-electron chi connectivity index (χ4n) is 2.82. The van der Waals surface area contributed by atoms with Gasteiger partial charge in [0.2, 0.25) is 0 Å². The third kappa shape index (κ3) is 4.99. The maximum Gasteiger partial charge on any atom is 0.119 e. The standard InChI is InChI=1S/C17H27NO3/c1-13(18-16-5-3-4-6-17(16)19)14-7-9-15(10-8-14)21-12-11-20-2/h7-10,13,16-19H,3-6,11-12H2,1-2H3/t13-,16+,17-/m0/s1. The summed E-state index contributed by atoms with van der Waals surface area (Å²) in [6.07, 6.45) is 4.10. The van der Waals surface area contributed by atoms with E-state index in [2.05, 4.69) is 24.4 Å². The van der Waals surface area contributed by atoms with Crippen molar-refractivity contribution in [1.29, 1.82) is 0 Å². The van der Waals surface area contributed by atoms with Crippen LogP contribution in [0.3, 0.4) is 0 Å². The van der Waals surface area contributed by atoms with Crippen LogP contribution in [0.1, 0.15) is 44.2 Å². The van der Waals surface area contributed by atoms with Gasteiger partial charge in [-0.3, -0.25) is 0 Å². The molecule has 21 heavy (non-hydrogen) atoms. The molecule has 1 aromatic carbocycles. The van der Waals surface area contributed by atoms with Crippen LogP contribution in [-0.2, 0) is 4.74 Å². The van der Waals surface area contributed by atoms with Gasteiger partial charge in [0.05, 0.1) is 12.7 Å². The van der Waals surface area contributed by atoms with E-state index < -0.39 is 0 Å². The Morgan fingerprint density at radius 1 is 1.19 bits per heavy atom. The average Bonchev–Trinajstić information content (AvgIpc) is 2.50. The van der Waals surface area contributed by atoms with E-state index in [1.54, 1.807) is 7.11 Å².